The van der Waals surface area contributed by atoms with Gasteiger partial charge < -0.3 is 19.4 Å². The highest BCUT2D eigenvalue weighted by Gasteiger charge is 2.19. The Hall–Kier alpha value is -4.06. The maximum Gasteiger partial charge on any atom is 0.297 e. The SMILES string of the molecule is CCCCOc1c(OC/C=C(\C)CCC=C(C)C)c(=O)n(C)c2cc(NC(=O)/C=C/c3ccccc3)ccc12. The molecule has 0 bridgehead atoms. The number of aromatic nitrogens is 1. The van der Waals surface area contributed by atoms with Crippen molar-refractivity contribution in [2.75, 3.05) is 18.5 Å². The Balaban J connectivity index is 1.86. The molecule has 206 valence electrons. The number of nitrogens with one attached hydrogen (secondary N) is 1. The van der Waals surface area contributed by atoms with Gasteiger partial charge in [0.2, 0.25) is 11.7 Å². The predicted octanol–water partition coefficient (Wildman–Crippen LogP) is 7.44. The molecule has 0 aliphatic carbocycles. The molecule has 1 heterocycles. The van der Waals surface area contributed by atoms with Crippen molar-refractivity contribution in [1.82, 2.24) is 4.57 Å². The van der Waals surface area contributed by atoms with E-state index in [1.807, 2.05) is 48.5 Å². The first kappa shape index (κ1) is 29.5. The molecule has 3 aromatic rings. The maximum atomic E-state index is 13.4. The minimum Gasteiger partial charge on any atom is -0.489 e. The average molecular weight is 529 g/mol. The zero-order valence-electron chi connectivity index (χ0n) is 23.8. The van der Waals surface area contributed by atoms with E-state index in [1.165, 1.54) is 21.8 Å². The van der Waals surface area contributed by atoms with Gasteiger partial charge in [-0.2, -0.15) is 0 Å². The van der Waals surface area contributed by atoms with Gasteiger partial charge in [-0.1, -0.05) is 60.9 Å². The van der Waals surface area contributed by atoms with Crippen LogP contribution in [0.25, 0.3) is 17.0 Å². The molecule has 6 heteroatoms. The van der Waals surface area contributed by atoms with Gasteiger partial charge in [-0.05, 0) is 75.9 Å². The van der Waals surface area contributed by atoms with Crippen molar-refractivity contribution in [3.05, 3.63) is 93.8 Å². The molecule has 0 aliphatic heterocycles. The highest BCUT2D eigenvalue weighted by Crippen LogP contribution is 2.34. The van der Waals surface area contributed by atoms with E-state index in [-0.39, 0.29) is 23.8 Å². The summed E-state index contributed by atoms with van der Waals surface area (Å²) in [6.45, 7) is 9.12. The lowest BCUT2D eigenvalue weighted by Gasteiger charge is -2.17. The molecule has 0 aliphatic rings. The minimum absolute atomic E-state index is 0.206. The largest absolute Gasteiger partial charge is 0.489 e. The van der Waals surface area contributed by atoms with Crippen LogP contribution in [-0.2, 0) is 11.8 Å². The zero-order chi connectivity index (χ0) is 28.2. The number of carbonyl (C=O) groups is 1. The number of unbranched alkanes of at least 4 members (excludes halogenated alkanes) is 1. The summed E-state index contributed by atoms with van der Waals surface area (Å²) in [5.41, 5.74) is 4.41. The van der Waals surface area contributed by atoms with E-state index < -0.39 is 0 Å². The molecule has 1 N–H and O–H groups in total. The third-order valence-corrected chi connectivity index (χ3v) is 6.30. The Labute approximate surface area is 231 Å². The van der Waals surface area contributed by atoms with Crippen LogP contribution in [0.4, 0.5) is 5.69 Å². The van der Waals surface area contributed by atoms with Crippen molar-refractivity contribution in [2.45, 2.75) is 53.4 Å². The fraction of sp³-hybridized carbons (Fsp3) is 0.333. The van der Waals surface area contributed by atoms with Crippen molar-refractivity contribution >= 4 is 28.6 Å². The summed E-state index contributed by atoms with van der Waals surface area (Å²) in [6, 6.07) is 15.1. The van der Waals surface area contributed by atoms with Gasteiger partial charge in [-0.25, -0.2) is 0 Å². The molecular formula is C33H40N2O4. The number of aryl methyl sites for hydroxylation is 1. The van der Waals surface area contributed by atoms with E-state index in [9.17, 15) is 9.59 Å². The molecule has 3 rings (SSSR count). The summed E-state index contributed by atoms with van der Waals surface area (Å²) in [4.78, 5) is 25.9. The van der Waals surface area contributed by atoms with Gasteiger partial charge in [0.15, 0.2) is 5.75 Å². The van der Waals surface area contributed by atoms with Gasteiger partial charge in [-0.15, -0.1) is 0 Å². The lowest BCUT2D eigenvalue weighted by molar-refractivity contribution is -0.111. The quantitative estimate of drug-likeness (QED) is 0.142. The number of ether oxygens (including phenoxy) is 2. The van der Waals surface area contributed by atoms with Crippen LogP contribution in [0, 0.1) is 0 Å². The second-order valence-corrected chi connectivity index (χ2v) is 9.87. The van der Waals surface area contributed by atoms with E-state index in [4.69, 9.17) is 9.47 Å². The number of pyridine rings is 1. The molecule has 0 saturated carbocycles. The number of allylic oxidation sites excluding steroid dienone is 3. The van der Waals surface area contributed by atoms with Crippen LogP contribution >= 0.6 is 0 Å². The summed E-state index contributed by atoms with van der Waals surface area (Å²) in [7, 11) is 1.70. The van der Waals surface area contributed by atoms with Crippen molar-refractivity contribution in [2.24, 2.45) is 7.05 Å². The molecule has 2 aromatic carbocycles. The highest BCUT2D eigenvalue weighted by atomic mass is 16.5. The van der Waals surface area contributed by atoms with E-state index in [0.29, 0.717) is 23.6 Å². The minimum atomic E-state index is -0.281. The Morgan fingerprint density at radius 1 is 1.00 bits per heavy atom. The summed E-state index contributed by atoms with van der Waals surface area (Å²) in [5.74, 6) is 0.394. The van der Waals surface area contributed by atoms with Crippen LogP contribution < -0.4 is 20.3 Å². The van der Waals surface area contributed by atoms with Crippen molar-refractivity contribution in [3.63, 3.8) is 0 Å². The van der Waals surface area contributed by atoms with E-state index in [1.54, 1.807) is 19.2 Å². The summed E-state index contributed by atoms with van der Waals surface area (Å²) in [5, 5.41) is 3.64. The summed E-state index contributed by atoms with van der Waals surface area (Å²) in [6.07, 6.45) is 11.2. The van der Waals surface area contributed by atoms with Gasteiger partial charge in [0.05, 0.1) is 12.1 Å². The second kappa shape index (κ2) is 14.8. The molecule has 0 atom stereocenters. The maximum absolute atomic E-state index is 13.4. The Bertz CT molecular complexity index is 1410. The Morgan fingerprint density at radius 2 is 1.77 bits per heavy atom. The summed E-state index contributed by atoms with van der Waals surface area (Å²) < 4.78 is 13.7. The van der Waals surface area contributed by atoms with Crippen LogP contribution in [0.1, 0.15) is 58.9 Å². The summed E-state index contributed by atoms with van der Waals surface area (Å²) >= 11 is 0. The predicted molar refractivity (Wildman–Crippen MR) is 162 cm³/mol. The molecule has 6 nitrogen and oxygen atoms in total. The van der Waals surface area contributed by atoms with Crippen LogP contribution in [0.5, 0.6) is 11.5 Å². The number of amides is 1. The fourth-order valence-electron chi connectivity index (χ4n) is 4.03. The first-order valence-electron chi connectivity index (χ1n) is 13.6. The lowest BCUT2D eigenvalue weighted by Crippen LogP contribution is -2.21. The number of nitrogens with zero attached hydrogens (tertiary/aromatic N) is 1. The monoisotopic (exact) mass is 528 g/mol. The molecule has 1 amide bonds. The van der Waals surface area contributed by atoms with E-state index in [0.717, 1.165) is 36.6 Å². The second-order valence-electron chi connectivity index (χ2n) is 9.87. The van der Waals surface area contributed by atoms with Gasteiger partial charge in [0.25, 0.3) is 5.56 Å². The topological polar surface area (TPSA) is 69.6 Å². The third-order valence-electron chi connectivity index (χ3n) is 6.30. The number of fused-ring (bicyclic) bond motifs is 1. The molecule has 0 spiro atoms. The Morgan fingerprint density at radius 3 is 2.49 bits per heavy atom. The van der Waals surface area contributed by atoms with Crippen LogP contribution in [0.15, 0.2) is 82.7 Å². The Kier molecular flexibility index (Phi) is 11.2. The number of benzene rings is 2. The van der Waals surface area contributed by atoms with Crippen molar-refractivity contribution in [3.8, 4) is 11.5 Å². The molecular weight excluding hydrogens is 488 g/mol. The highest BCUT2D eigenvalue weighted by molar-refractivity contribution is 6.03. The van der Waals surface area contributed by atoms with Crippen molar-refractivity contribution < 1.29 is 14.3 Å². The first-order chi connectivity index (χ1) is 18.8. The van der Waals surface area contributed by atoms with Crippen LogP contribution in [-0.4, -0.2) is 23.7 Å². The number of anilines is 1. The molecule has 0 saturated heterocycles. The normalized spacial score (nSPS) is 11.6. The fourth-order valence-corrected chi connectivity index (χ4v) is 4.03. The molecule has 0 fully saturated rings. The number of rotatable bonds is 13. The standard InChI is InChI=1S/C33H40N2O4/c1-6-7-21-38-31-28-18-17-27(34-30(36)19-16-26-14-9-8-10-15-26)23-29(28)35(5)33(37)32(31)39-22-20-25(4)13-11-12-24(2)3/h8-10,12,14-20,23H,6-7,11,13,21-22H2,1-5H3,(H,34,36)/b19-16+,25-20+. The molecule has 0 unspecified atom stereocenters. The molecule has 1 aromatic heterocycles. The average Bonchev–Trinajstić information content (AvgIpc) is 2.92. The van der Waals surface area contributed by atoms with Gasteiger partial charge in [-0.3, -0.25) is 9.59 Å². The third kappa shape index (κ3) is 8.74. The number of hydrogen-bond donors (Lipinski definition) is 1. The molecule has 39 heavy (non-hydrogen) atoms. The van der Waals surface area contributed by atoms with Crippen molar-refractivity contribution in [1.29, 1.82) is 0 Å². The number of carbonyl (C=O) groups excluding carboxylic acids is 1. The van der Waals surface area contributed by atoms with Crippen LogP contribution in [0.2, 0.25) is 0 Å². The zero-order valence-corrected chi connectivity index (χ0v) is 23.8. The van der Waals surface area contributed by atoms with E-state index in [2.05, 4.69) is 39.1 Å². The molecule has 0 radical (unpaired) electrons. The van der Waals surface area contributed by atoms with Gasteiger partial charge in [0.1, 0.15) is 6.61 Å². The smallest absolute Gasteiger partial charge is 0.297 e. The van der Waals surface area contributed by atoms with Gasteiger partial charge >= 0.3 is 0 Å². The van der Waals surface area contributed by atoms with Gasteiger partial charge in [0, 0.05) is 24.2 Å². The lowest BCUT2D eigenvalue weighted by atomic mass is 10.1. The number of hydrogen-bond acceptors (Lipinski definition) is 4. The van der Waals surface area contributed by atoms with Crippen LogP contribution in [0.3, 0.4) is 0 Å². The first-order valence-corrected chi connectivity index (χ1v) is 13.6. The van der Waals surface area contributed by atoms with E-state index >= 15 is 0 Å².